The van der Waals surface area contributed by atoms with Crippen LogP contribution >= 0.6 is 0 Å². The third-order valence-corrected chi connectivity index (χ3v) is 4.77. The van der Waals surface area contributed by atoms with E-state index in [4.69, 9.17) is 4.74 Å². The van der Waals surface area contributed by atoms with Crippen LogP contribution in [0.3, 0.4) is 0 Å². The zero-order valence-electron chi connectivity index (χ0n) is 14.6. The van der Waals surface area contributed by atoms with E-state index in [1.807, 2.05) is 0 Å². The highest BCUT2D eigenvalue weighted by Crippen LogP contribution is 2.47. The number of esters is 1. The summed E-state index contributed by atoms with van der Waals surface area (Å²) >= 11 is 0. The third-order valence-electron chi connectivity index (χ3n) is 4.77. The zero-order valence-corrected chi connectivity index (χ0v) is 14.6. The summed E-state index contributed by atoms with van der Waals surface area (Å²) in [5.41, 5.74) is -4.59. The Labute approximate surface area is 151 Å². The van der Waals surface area contributed by atoms with Gasteiger partial charge in [-0.3, -0.25) is 24.0 Å². The van der Waals surface area contributed by atoms with Gasteiger partial charge in [0.2, 0.25) is 5.82 Å². The van der Waals surface area contributed by atoms with Crippen molar-refractivity contribution in [2.75, 3.05) is 0 Å². The molecule has 0 saturated carbocycles. The molecule has 1 amide bonds. The number of carbonyl (C=O) groups excluding carboxylic acids is 1. The molecule has 1 saturated heterocycles. The predicted octanol–water partition coefficient (Wildman–Crippen LogP) is -0.0309. The highest BCUT2D eigenvalue weighted by molar-refractivity contribution is 5.85. The number of nitrogens with zero attached hydrogens (tertiary/aromatic N) is 2. The molecule has 12 heteroatoms. The zero-order chi connectivity index (χ0) is 20.7. The number of hydrogen-bond donors (Lipinski definition) is 3. The van der Waals surface area contributed by atoms with E-state index in [1.54, 1.807) is 11.9 Å². The van der Waals surface area contributed by atoms with Crippen LogP contribution < -0.4 is 11.2 Å². The molecule has 1 aromatic rings. The van der Waals surface area contributed by atoms with Crippen LogP contribution in [0.5, 0.6) is 0 Å². The molecule has 0 aliphatic carbocycles. The van der Waals surface area contributed by atoms with Crippen molar-refractivity contribution in [3.05, 3.63) is 32.9 Å². The second-order valence-corrected chi connectivity index (χ2v) is 6.25. The van der Waals surface area contributed by atoms with Gasteiger partial charge in [-0.15, -0.1) is 0 Å². The minimum Gasteiger partial charge on any atom is -0.479 e. The Morgan fingerprint density at radius 2 is 1.93 bits per heavy atom. The van der Waals surface area contributed by atoms with Crippen molar-refractivity contribution >= 4 is 18.0 Å². The fourth-order valence-electron chi connectivity index (χ4n) is 3.61. The Bertz CT molecular complexity index is 909. The first-order valence-electron chi connectivity index (χ1n) is 7.90. The molecule has 3 N–H and O–H groups in total. The Balaban J connectivity index is 2.83. The first-order valence-corrected chi connectivity index (χ1v) is 7.90. The van der Waals surface area contributed by atoms with Crippen LogP contribution in [0.1, 0.15) is 33.4 Å². The minimum absolute atomic E-state index is 0.0710. The van der Waals surface area contributed by atoms with Gasteiger partial charge >= 0.3 is 23.7 Å². The van der Waals surface area contributed by atoms with Crippen LogP contribution in [0.15, 0.2) is 15.8 Å². The lowest BCUT2D eigenvalue weighted by atomic mass is 9.83. The molecule has 1 unspecified atom stereocenters. The van der Waals surface area contributed by atoms with Crippen LogP contribution in [0.2, 0.25) is 0 Å². The summed E-state index contributed by atoms with van der Waals surface area (Å²) in [6, 6.07) is 0. The SMILES string of the molecule is CCC1[C@@H](OC(C)=O)[C@H](n2cc(F)c(=O)[nH]c2=O)N(C(=O)O)[C@]1(C)C(=O)O. The highest BCUT2D eigenvalue weighted by Gasteiger charge is 2.64. The number of likely N-dealkylation sites (tertiary alicyclic amines) is 1. The minimum atomic E-state index is -2.09. The molecule has 148 valence electrons. The summed E-state index contributed by atoms with van der Waals surface area (Å²) in [5, 5.41) is 19.4. The van der Waals surface area contributed by atoms with E-state index in [1.165, 1.54) is 0 Å². The number of nitrogens with one attached hydrogen (secondary N) is 1. The maximum atomic E-state index is 13.8. The third kappa shape index (κ3) is 3.06. The molecule has 0 spiro atoms. The number of rotatable bonds is 4. The average molecular weight is 387 g/mol. The second kappa shape index (κ2) is 6.85. The molecular formula is C15H18FN3O8. The van der Waals surface area contributed by atoms with E-state index < -0.39 is 58.8 Å². The van der Waals surface area contributed by atoms with Gasteiger partial charge in [-0.05, 0) is 13.3 Å². The van der Waals surface area contributed by atoms with E-state index in [2.05, 4.69) is 0 Å². The predicted molar refractivity (Wildman–Crippen MR) is 85.6 cm³/mol. The van der Waals surface area contributed by atoms with Crippen molar-refractivity contribution in [1.82, 2.24) is 14.5 Å². The molecule has 1 aliphatic heterocycles. The van der Waals surface area contributed by atoms with Gasteiger partial charge in [0, 0.05) is 12.8 Å². The number of aromatic nitrogens is 2. The maximum Gasteiger partial charge on any atom is 0.410 e. The number of carbonyl (C=O) groups is 3. The lowest BCUT2D eigenvalue weighted by Crippen LogP contribution is -2.55. The molecule has 1 aromatic heterocycles. The van der Waals surface area contributed by atoms with Crippen molar-refractivity contribution in [2.45, 2.75) is 45.0 Å². The molecule has 2 rings (SSSR count). The Morgan fingerprint density at radius 3 is 2.37 bits per heavy atom. The monoisotopic (exact) mass is 387 g/mol. The standard InChI is InChI=1S/C15H18FN3O8/c1-4-7-9(27-6(2)20)11(18-5-8(16)10(21)17-13(18)24)19(14(25)26)15(7,3)12(22)23/h5,7,9,11H,4H2,1-3H3,(H,22,23)(H,25,26)(H,17,21,24)/t7?,9-,11-,15+/m1/s1. The van der Waals surface area contributed by atoms with Crippen molar-refractivity contribution in [3.63, 3.8) is 0 Å². The summed E-state index contributed by atoms with van der Waals surface area (Å²) in [5.74, 6) is -4.82. The summed E-state index contributed by atoms with van der Waals surface area (Å²) in [4.78, 5) is 61.0. The lowest BCUT2D eigenvalue weighted by molar-refractivity contribution is -0.154. The van der Waals surface area contributed by atoms with Crippen LogP contribution in [0.25, 0.3) is 0 Å². The van der Waals surface area contributed by atoms with Gasteiger partial charge < -0.3 is 14.9 Å². The van der Waals surface area contributed by atoms with Crippen molar-refractivity contribution < 1.29 is 33.7 Å². The normalized spacial score (nSPS) is 27.4. The number of ether oxygens (including phenoxy) is 1. The summed E-state index contributed by atoms with van der Waals surface area (Å²) in [7, 11) is 0. The van der Waals surface area contributed by atoms with Crippen LogP contribution in [0.4, 0.5) is 9.18 Å². The van der Waals surface area contributed by atoms with Gasteiger partial charge in [-0.1, -0.05) is 6.92 Å². The Morgan fingerprint density at radius 1 is 1.33 bits per heavy atom. The van der Waals surface area contributed by atoms with E-state index >= 15 is 0 Å². The molecule has 4 atom stereocenters. The van der Waals surface area contributed by atoms with E-state index in [-0.39, 0.29) is 6.42 Å². The van der Waals surface area contributed by atoms with Gasteiger partial charge in [0.05, 0.1) is 6.20 Å². The van der Waals surface area contributed by atoms with Crippen LogP contribution in [-0.2, 0) is 14.3 Å². The van der Waals surface area contributed by atoms with Crippen LogP contribution in [-0.4, -0.2) is 54.3 Å². The van der Waals surface area contributed by atoms with E-state index in [0.717, 1.165) is 13.8 Å². The average Bonchev–Trinajstić information content (AvgIpc) is 2.79. The highest BCUT2D eigenvalue weighted by atomic mass is 19.1. The maximum absolute atomic E-state index is 13.8. The first-order chi connectivity index (χ1) is 12.5. The summed E-state index contributed by atoms with van der Waals surface area (Å²) < 4.78 is 19.4. The number of aromatic amines is 1. The molecule has 0 bridgehead atoms. The topological polar surface area (TPSA) is 159 Å². The first kappa shape index (κ1) is 20.1. The number of halogens is 1. The molecule has 11 nitrogen and oxygen atoms in total. The number of carboxylic acids is 1. The lowest BCUT2D eigenvalue weighted by Gasteiger charge is -2.34. The van der Waals surface area contributed by atoms with Crippen molar-refractivity contribution in [1.29, 1.82) is 0 Å². The molecule has 27 heavy (non-hydrogen) atoms. The molecular weight excluding hydrogens is 369 g/mol. The number of aliphatic carboxylic acids is 1. The second-order valence-electron chi connectivity index (χ2n) is 6.25. The quantitative estimate of drug-likeness (QED) is 0.607. The summed E-state index contributed by atoms with van der Waals surface area (Å²) in [6.45, 7) is 3.70. The number of amides is 1. The molecule has 0 radical (unpaired) electrons. The molecule has 0 aromatic carbocycles. The Hall–Kier alpha value is -3.18. The van der Waals surface area contributed by atoms with Crippen molar-refractivity contribution in [2.24, 2.45) is 5.92 Å². The van der Waals surface area contributed by atoms with Crippen molar-refractivity contribution in [3.8, 4) is 0 Å². The van der Waals surface area contributed by atoms with Gasteiger partial charge in [-0.2, -0.15) is 4.39 Å². The Kier molecular flexibility index (Phi) is 5.11. The fraction of sp³-hybridized carbons (Fsp3) is 0.533. The smallest absolute Gasteiger partial charge is 0.410 e. The fourth-order valence-corrected chi connectivity index (χ4v) is 3.61. The van der Waals surface area contributed by atoms with Gasteiger partial charge in [-0.25, -0.2) is 14.4 Å². The van der Waals surface area contributed by atoms with Gasteiger partial charge in [0.1, 0.15) is 11.6 Å². The largest absolute Gasteiger partial charge is 0.479 e. The van der Waals surface area contributed by atoms with E-state index in [9.17, 15) is 38.6 Å². The number of hydrogen-bond acceptors (Lipinski definition) is 6. The van der Waals surface area contributed by atoms with Crippen LogP contribution in [0, 0.1) is 11.7 Å². The van der Waals surface area contributed by atoms with Gasteiger partial charge in [0.15, 0.2) is 6.17 Å². The number of carboxylic acid groups (broad SMARTS) is 2. The molecule has 2 heterocycles. The summed E-state index contributed by atoms with van der Waals surface area (Å²) in [6.07, 6.45) is -4.30. The number of H-pyrrole nitrogens is 1. The molecule has 1 aliphatic rings. The van der Waals surface area contributed by atoms with Gasteiger partial charge in [0.25, 0.3) is 5.56 Å². The van der Waals surface area contributed by atoms with E-state index in [0.29, 0.717) is 15.7 Å². The molecule has 1 fully saturated rings.